The lowest BCUT2D eigenvalue weighted by molar-refractivity contribution is -0.134. The monoisotopic (exact) mass is 210 g/mol. The fourth-order valence-corrected chi connectivity index (χ4v) is 1.74. The van der Waals surface area contributed by atoms with Crippen molar-refractivity contribution in [2.45, 2.75) is 32.8 Å². The molecule has 1 amide bonds. The minimum absolute atomic E-state index is 0.0441. The van der Waals surface area contributed by atoms with E-state index in [1.165, 1.54) is 0 Å². The topological polar surface area (TPSA) is 53.3 Å². The number of hydrogen-bond donors (Lipinski definition) is 0. The molecule has 1 aliphatic rings. The Balaban J connectivity index is 2.61. The molecule has 2 atom stereocenters. The van der Waals surface area contributed by atoms with Crippen molar-refractivity contribution in [1.29, 1.82) is 5.26 Å². The number of carbonyl (C=O) groups excluding carboxylic acids is 1. The van der Waals surface area contributed by atoms with E-state index in [0.717, 1.165) is 6.42 Å². The molecule has 15 heavy (non-hydrogen) atoms. The molecule has 1 heterocycles. The van der Waals surface area contributed by atoms with Crippen molar-refractivity contribution in [2.24, 2.45) is 5.92 Å². The molecule has 0 spiro atoms. The molecule has 0 aromatic heterocycles. The normalized spacial score (nSPS) is 24.1. The van der Waals surface area contributed by atoms with E-state index in [1.807, 2.05) is 13.8 Å². The average molecular weight is 210 g/mol. The first-order valence-corrected chi connectivity index (χ1v) is 5.49. The van der Waals surface area contributed by atoms with E-state index in [0.29, 0.717) is 26.1 Å². The predicted molar refractivity (Wildman–Crippen MR) is 56.0 cm³/mol. The lowest BCUT2D eigenvalue weighted by Crippen LogP contribution is -2.39. The lowest BCUT2D eigenvalue weighted by Gasteiger charge is -2.23. The standard InChI is InChI=1S/C11H18N2O2/c1-3-10(7-12)11(14)13-5-4-6-15-9(2)8-13/h9-10H,3-6,8H2,1-2H3. The van der Waals surface area contributed by atoms with Crippen molar-refractivity contribution in [1.82, 2.24) is 4.90 Å². The van der Waals surface area contributed by atoms with Crippen molar-refractivity contribution >= 4 is 5.91 Å². The largest absolute Gasteiger partial charge is 0.377 e. The van der Waals surface area contributed by atoms with Crippen molar-refractivity contribution in [3.8, 4) is 6.07 Å². The van der Waals surface area contributed by atoms with E-state index in [-0.39, 0.29) is 12.0 Å². The fourth-order valence-electron chi connectivity index (χ4n) is 1.74. The summed E-state index contributed by atoms with van der Waals surface area (Å²) < 4.78 is 5.45. The minimum atomic E-state index is -0.490. The van der Waals surface area contributed by atoms with E-state index in [2.05, 4.69) is 6.07 Å². The summed E-state index contributed by atoms with van der Waals surface area (Å²) in [7, 11) is 0. The van der Waals surface area contributed by atoms with Crippen LogP contribution < -0.4 is 0 Å². The van der Waals surface area contributed by atoms with Gasteiger partial charge in [-0.2, -0.15) is 5.26 Å². The summed E-state index contributed by atoms with van der Waals surface area (Å²) in [6, 6.07) is 2.05. The van der Waals surface area contributed by atoms with Gasteiger partial charge >= 0.3 is 0 Å². The van der Waals surface area contributed by atoms with Crippen LogP contribution in [0.5, 0.6) is 0 Å². The van der Waals surface area contributed by atoms with Gasteiger partial charge < -0.3 is 9.64 Å². The maximum absolute atomic E-state index is 11.9. The molecule has 0 radical (unpaired) electrons. The molecule has 0 aliphatic carbocycles. The van der Waals surface area contributed by atoms with Crippen LogP contribution >= 0.6 is 0 Å². The van der Waals surface area contributed by atoms with Crippen LogP contribution in [0, 0.1) is 17.2 Å². The highest BCUT2D eigenvalue weighted by atomic mass is 16.5. The summed E-state index contributed by atoms with van der Waals surface area (Å²) in [5, 5.41) is 8.83. The highest BCUT2D eigenvalue weighted by molar-refractivity contribution is 5.81. The van der Waals surface area contributed by atoms with Crippen molar-refractivity contribution in [2.75, 3.05) is 19.7 Å². The number of rotatable bonds is 2. The Morgan fingerprint density at radius 3 is 3.07 bits per heavy atom. The third-order valence-electron chi connectivity index (χ3n) is 2.63. The summed E-state index contributed by atoms with van der Waals surface area (Å²) >= 11 is 0. The van der Waals surface area contributed by atoms with Gasteiger partial charge in [0.05, 0.1) is 12.2 Å². The van der Waals surface area contributed by atoms with Gasteiger partial charge in [0.1, 0.15) is 5.92 Å². The minimum Gasteiger partial charge on any atom is -0.377 e. The molecule has 1 aliphatic heterocycles. The first-order chi connectivity index (χ1) is 7.19. The number of hydrogen-bond acceptors (Lipinski definition) is 3. The van der Waals surface area contributed by atoms with Gasteiger partial charge in [-0.15, -0.1) is 0 Å². The van der Waals surface area contributed by atoms with E-state index in [9.17, 15) is 4.79 Å². The molecule has 0 N–H and O–H groups in total. The van der Waals surface area contributed by atoms with Crippen LogP contribution in [0.15, 0.2) is 0 Å². The first kappa shape index (κ1) is 12.0. The quantitative estimate of drug-likeness (QED) is 0.687. The number of ether oxygens (including phenoxy) is 1. The fraction of sp³-hybridized carbons (Fsp3) is 0.818. The third-order valence-corrected chi connectivity index (χ3v) is 2.63. The predicted octanol–water partition coefficient (Wildman–Crippen LogP) is 1.17. The molecule has 84 valence electrons. The van der Waals surface area contributed by atoms with Crippen LogP contribution in [0.25, 0.3) is 0 Å². The number of carbonyl (C=O) groups is 1. The van der Waals surface area contributed by atoms with Crippen LogP contribution in [0.2, 0.25) is 0 Å². The molecule has 0 aromatic carbocycles. The number of amides is 1. The van der Waals surface area contributed by atoms with Gasteiger partial charge in [-0.3, -0.25) is 4.79 Å². The van der Waals surface area contributed by atoms with Crippen molar-refractivity contribution in [3.63, 3.8) is 0 Å². The second-order valence-electron chi connectivity index (χ2n) is 3.91. The van der Waals surface area contributed by atoms with E-state index in [4.69, 9.17) is 10.00 Å². The zero-order chi connectivity index (χ0) is 11.3. The SMILES string of the molecule is CCC(C#N)C(=O)N1CCCOC(C)C1. The maximum Gasteiger partial charge on any atom is 0.240 e. The van der Waals surface area contributed by atoms with E-state index >= 15 is 0 Å². The summed E-state index contributed by atoms with van der Waals surface area (Å²) in [6.07, 6.45) is 1.52. The Kier molecular flexibility index (Phi) is 4.57. The van der Waals surface area contributed by atoms with Crippen LogP contribution in [0.4, 0.5) is 0 Å². The van der Waals surface area contributed by atoms with Crippen LogP contribution in [0.1, 0.15) is 26.7 Å². The first-order valence-electron chi connectivity index (χ1n) is 5.49. The molecule has 0 saturated carbocycles. The van der Waals surface area contributed by atoms with Gasteiger partial charge in [-0.25, -0.2) is 0 Å². The number of nitriles is 1. The summed E-state index contributed by atoms with van der Waals surface area (Å²) in [4.78, 5) is 13.7. The van der Waals surface area contributed by atoms with Crippen molar-refractivity contribution in [3.05, 3.63) is 0 Å². The molecular formula is C11H18N2O2. The Bertz CT molecular complexity index is 260. The molecule has 0 aromatic rings. The Labute approximate surface area is 90.8 Å². The molecule has 2 unspecified atom stereocenters. The summed E-state index contributed by atoms with van der Waals surface area (Å²) in [6.45, 7) is 5.84. The lowest BCUT2D eigenvalue weighted by atomic mass is 10.1. The van der Waals surface area contributed by atoms with Gasteiger partial charge in [0, 0.05) is 19.7 Å². The van der Waals surface area contributed by atoms with Gasteiger partial charge in [0.25, 0.3) is 0 Å². The highest BCUT2D eigenvalue weighted by Crippen LogP contribution is 2.11. The van der Waals surface area contributed by atoms with E-state index < -0.39 is 5.92 Å². The van der Waals surface area contributed by atoms with E-state index in [1.54, 1.807) is 4.90 Å². The number of nitrogens with zero attached hydrogens (tertiary/aromatic N) is 2. The molecule has 1 rings (SSSR count). The molecule has 0 bridgehead atoms. The zero-order valence-corrected chi connectivity index (χ0v) is 9.40. The van der Waals surface area contributed by atoms with Crippen LogP contribution in [0.3, 0.4) is 0 Å². The van der Waals surface area contributed by atoms with Crippen molar-refractivity contribution < 1.29 is 9.53 Å². The summed E-state index contributed by atoms with van der Waals surface area (Å²) in [5.74, 6) is -0.535. The molecule has 4 heteroatoms. The van der Waals surface area contributed by atoms with Crippen LogP contribution in [-0.4, -0.2) is 36.6 Å². The second-order valence-corrected chi connectivity index (χ2v) is 3.91. The Morgan fingerprint density at radius 1 is 1.73 bits per heavy atom. The molecule has 1 fully saturated rings. The Hall–Kier alpha value is -1.08. The van der Waals surface area contributed by atoms with Gasteiger partial charge in [0.2, 0.25) is 5.91 Å². The Morgan fingerprint density at radius 2 is 2.47 bits per heavy atom. The van der Waals surface area contributed by atoms with Gasteiger partial charge in [-0.05, 0) is 19.8 Å². The third kappa shape index (κ3) is 3.21. The zero-order valence-electron chi connectivity index (χ0n) is 9.40. The maximum atomic E-state index is 11.9. The molecule has 4 nitrogen and oxygen atoms in total. The second kappa shape index (κ2) is 5.72. The average Bonchev–Trinajstić information content (AvgIpc) is 2.44. The highest BCUT2D eigenvalue weighted by Gasteiger charge is 2.25. The molecular weight excluding hydrogens is 192 g/mol. The van der Waals surface area contributed by atoms with Gasteiger partial charge in [-0.1, -0.05) is 6.92 Å². The van der Waals surface area contributed by atoms with Gasteiger partial charge in [0.15, 0.2) is 0 Å². The smallest absolute Gasteiger partial charge is 0.240 e. The molecule has 1 saturated heterocycles. The summed E-state index contributed by atoms with van der Waals surface area (Å²) in [5.41, 5.74) is 0. The van der Waals surface area contributed by atoms with Crippen LogP contribution in [-0.2, 0) is 9.53 Å².